The largest absolute Gasteiger partial charge is 0.478 e. The first-order valence-electron chi connectivity index (χ1n) is 6.20. The minimum Gasteiger partial charge on any atom is -0.478 e. The summed E-state index contributed by atoms with van der Waals surface area (Å²) in [5.41, 5.74) is 2.85. The Labute approximate surface area is 127 Å². The van der Waals surface area contributed by atoms with Crippen molar-refractivity contribution in [2.45, 2.75) is 22.5 Å². The summed E-state index contributed by atoms with van der Waals surface area (Å²) in [6.07, 6.45) is 1.90. The van der Waals surface area contributed by atoms with Crippen LogP contribution in [0.3, 0.4) is 0 Å². The van der Waals surface area contributed by atoms with Gasteiger partial charge in [0, 0.05) is 15.5 Å². The predicted molar refractivity (Wildman–Crippen MR) is 85.9 cm³/mol. The van der Waals surface area contributed by atoms with Gasteiger partial charge in [-0.2, -0.15) is 0 Å². The Hall–Kier alpha value is -1.39. The van der Waals surface area contributed by atoms with E-state index in [1.165, 1.54) is 22.9 Å². The van der Waals surface area contributed by atoms with Crippen LogP contribution in [0.1, 0.15) is 21.5 Å². The van der Waals surface area contributed by atoms with Gasteiger partial charge in [0.1, 0.15) is 0 Å². The molecule has 2 rings (SSSR count). The average molecular weight is 304 g/mol. The lowest BCUT2D eigenvalue weighted by atomic mass is 10.2. The molecule has 0 fully saturated rings. The molecule has 0 amide bonds. The van der Waals surface area contributed by atoms with Gasteiger partial charge in [-0.25, -0.2) is 4.79 Å². The van der Waals surface area contributed by atoms with Gasteiger partial charge in [-0.1, -0.05) is 35.9 Å². The number of aromatic carboxylic acids is 1. The molecule has 4 heteroatoms. The number of carbonyl (C=O) groups is 1. The molecule has 0 aliphatic heterocycles. The second kappa shape index (κ2) is 6.86. The molecule has 2 aromatic carbocycles. The molecule has 0 radical (unpaired) electrons. The van der Waals surface area contributed by atoms with E-state index in [0.29, 0.717) is 5.56 Å². The van der Waals surface area contributed by atoms with Crippen LogP contribution in [0.25, 0.3) is 0 Å². The summed E-state index contributed by atoms with van der Waals surface area (Å²) >= 11 is 3.04. The van der Waals surface area contributed by atoms with Gasteiger partial charge in [0.15, 0.2) is 0 Å². The van der Waals surface area contributed by atoms with Crippen LogP contribution < -0.4 is 0 Å². The van der Waals surface area contributed by atoms with E-state index in [4.69, 9.17) is 0 Å². The second-order valence-electron chi connectivity index (χ2n) is 4.42. The zero-order chi connectivity index (χ0) is 14.5. The Kier molecular flexibility index (Phi) is 5.15. The van der Waals surface area contributed by atoms with Gasteiger partial charge in [0.25, 0.3) is 0 Å². The molecule has 0 saturated carbocycles. The van der Waals surface area contributed by atoms with E-state index >= 15 is 0 Å². The Balaban J connectivity index is 2.23. The SMILES string of the molecule is CSc1cccc(SCc2cccc(C)c2)c1C(=O)O. The number of aryl methyl sites for hydroxylation is 1. The first-order valence-corrected chi connectivity index (χ1v) is 8.41. The quantitative estimate of drug-likeness (QED) is 0.812. The molecule has 0 spiro atoms. The van der Waals surface area contributed by atoms with E-state index in [-0.39, 0.29) is 0 Å². The Morgan fingerprint density at radius 2 is 1.85 bits per heavy atom. The molecule has 1 N–H and O–H groups in total. The third-order valence-corrected chi connectivity index (χ3v) is 4.81. The molecule has 0 atom stereocenters. The van der Waals surface area contributed by atoms with E-state index in [1.54, 1.807) is 11.8 Å². The van der Waals surface area contributed by atoms with E-state index in [9.17, 15) is 9.90 Å². The lowest BCUT2D eigenvalue weighted by Crippen LogP contribution is -2.01. The lowest BCUT2D eigenvalue weighted by molar-refractivity contribution is 0.0689. The molecule has 20 heavy (non-hydrogen) atoms. The summed E-state index contributed by atoms with van der Waals surface area (Å²) in [7, 11) is 0. The van der Waals surface area contributed by atoms with Crippen LogP contribution in [0.15, 0.2) is 52.3 Å². The number of benzene rings is 2. The van der Waals surface area contributed by atoms with Crippen molar-refractivity contribution >= 4 is 29.5 Å². The van der Waals surface area contributed by atoms with Gasteiger partial charge in [-0.05, 0) is 30.9 Å². The maximum atomic E-state index is 11.4. The summed E-state index contributed by atoms with van der Waals surface area (Å²) in [4.78, 5) is 13.1. The van der Waals surface area contributed by atoms with Gasteiger partial charge >= 0.3 is 5.97 Å². The molecule has 104 valence electrons. The molecular formula is C16H16O2S2. The number of carboxylic acid groups (broad SMARTS) is 1. The zero-order valence-corrected chi connectivity index (χ0v) is 13.1. The van der Waals surface area contributed by atoms with Gasteiger partial charge in [0.2, 0.25) is 0 Å². The van der Waals surface area contributed by atoms with Crippen LogP contribution in [0.5, 0.6) is 0 Å². The Bertz CT molecular complexity index is 624. The summed E-state index contributed by atoms with van der Waals surface area (Å²) in [5.74, 6) is -0.0820. The highest BCUT2D eigenvalue weighted by Gasteiger charge is 2.15. The average Bonchev–Trinajstić information content (AvgIpc) is 2.44. The van der Waals surface area contributed by atoms with E-state index in [1.807, 2.05) is 30.5 Å². The van der Waals surface area contributed by atoms with Crippen molar-refractivity contribution < 1.29 is 9.90 Å². The van der Waals surface area contributed by atoms with Crippen molar-refractivity contribution in [1.82, 2.24) is 0 Å². The first kappa shape index (κ1) is 15.0. The van der Waals surface area contributed by atoms with Crippen molar-refractivity contribution in [3.8, 4) is 0 Å². The van der Waals surface area contributed by atoms with Crippen LogP contribution in [-0.4, -0.2) is 17.3 Å². The normalized spacial score (nSPS) is 10.5. The second-order valence-corrected chi connectivity index (χ2v) is 6.28. The number of thioether (sulfide) groups is 2. The fraction of sp³-hybridized carbons (Fsp3) is 0.188. The Morgan fingerprint density at radius 1 is 1.15 bits per heavy atom. The predicted octanol–water partition coefficient (Wildman–Crippen LogP) is 4.71. The van der Waals surface area contributed by atoms with Crippen LogP contribution >= 0.6 is 23.5 Å². The number of carboxylic acids is 1. The van der Waals surface area contributed by atoms with E-state index in [2.05, 4.69) is 25.1 Å². The minimum absolute atomic E-state index is 0.414. The molecule has 0 aliphatic carbocycles. The molecule has 0 bridgehead atoms. The standard InChI is InChI=1S/C16H16O2S2/c1-11-5-3-6-12(9-11)10-20-14-8-4-7-13(19-2)15(14)16(17)18/h3-9H,10H2,1-2H3,(H,17,18). The van der Waals surface area contributed by atoms with Crippen LogP contribution in [0.4, 0.5) is 0 Å². The highest BCUT2D eigenvalue weighted by atomic mass is 32.2. The number of hydrogen-bond donors (Lipinski definition) is 1. The zero-order valence-electron chi connectivity index (χ0n) is 11.4. The minimum atomic E-state index is -0.860. The van der Waals surface area contributed by atoms with Crippen molar-refractivity contribution in [3.63, 3.8) is 0 Å². The van der Waals surface area contributed by atoms with Gasteiger partial charge in [-0.15, -0.1) is 23.5 Å². The highest BCUT2D eigenvalue weighted by molar-refractivity contribution is 7.99. The van der Waals surface area contributed by atoms with Crippen LogP contribution in [-0.2, 0) is 5.75 Å². The third-order valence-electron chi connectivity index (χ3n) is 2.90. The fourth-order valence-electron chi connectivity index (χ4n) is 1.98. The topological polar surface area (TPSA) is 37.3 Å². The lowest BCUT2D eigenvalue weighted by Gasteiger charge is -2.10. The number of hydrogen-bond acceptors (Lipinski definition) is 3. The molecule has 0 aromatic heterocycles. The Morgan fingerprint density at radius 3 is 2.50 bits per heavy atom. The first-order chi connectivity index (χ1) is 9.61. The van der Waals surface area contributed by atoms with Crippen molar-refractivity contribution in [2.75, 3.05) is 6.26 Å². The van der Waals surface area contributed by atoms with Crippen molar-refractivity contribution in [1.29, 1.82) is 0 Å². The van der Waals surface area contributed by atoms with Crippen LogP contribution in [0.2, 0.25) is 0 Å². The maximum Gasteiger partial charge on any atom is 0.337 e. The number of rotatable bonds is 5. The molecule has 0 saturated heterocycles. The molecule has 0 unspecified atom stereocenters. The van der Waals surface area contributed by atoms with Gasteiger partial charge in [-0.3, -0.25) is 0 Å². The summed E-state index contributed by atoms with van der Waals surface area (Å²) in [6, 6.07) is 13.9. The van der Waals surface area contributed by atoms with Gasteiger partial charge in [0.05, 0.1) is 5.56 Å². The summed E-state index contributed by atoms with van der Waals surface area (Å²) in [6.45, 7) is 2.06. The molecule has 0 aliphatic rings. The molecular weight excluding hydrogens is 288 g/mol. The molecule has 0 heterocycles. The highest BCUT2D eigenvalue weighted by Crippen LogP contribution is 2.32. The van der Waals surface area contributed by atoms with Crippen LogP contribution in [0, 0.1) is 6.92 Å². The maximum absolute atomic E-state index is 11.4. The van der Waals surface area contributed by atoms with Crippen molar-refractivity contribution in [3.05, 3.63) is 59.2 Å². The monoisotopic (exact) mass is 304 g/mol. The van der Waals surface area contributed by atoms with E-state index in [0.717, 1.165) is 15.5 Å². The van der Waals surface area contributed by atoms with E-state index < -0.39 is 5.97 Å². The third kappa shape index (κ3) is 3.58. The van der Waals surface area contributed by atoms with Gasteiger partial charge < -0.3 is 5.11 Å². The molecule has 2 aromatic rings. The molecule has 2 nitrogen and oxygen atoms in total. The summed E-state index contributed by atoms with van der Waals surface area (Å²) in [5, 5.41) is 9.39. The summed E-state index contributed by atoms with van der Waals surface area (Å²) < 4.78 is 0. The smallest absolute Gasteiger partial charge is 0.337 e. The van der Waals surface area contributed by atoms with Crippen molar-refractivity contribution in [2.24, 2.45) is 0 Å². The fourth-order valence-corrected chi connectivity index (χ4v) is 3.67.